The molecule has 0 amide bonds. The van der Waals surface area contributed by atoms with Crippen LogP contribution in [-0.4, -0.2) is 9.97 Å². The van der Waals surface area contributed by atoms with Gasteiger partial charge >= 0.3 is 0 Å². The highest BCUT2D eigenvalue weighted by atomic mass is 14.9. The summed E-state index contributed by atoms with van der Waals surface area (Å²) in [7, 11) is 0. The Morgan fingerprint density at radius 3 is 1.78 bits per heavy atom. The van der Waals surface area contributed by atoms with Crippen molar-refractivity contribution in [3.8, 4) is 34.5 Å². The Labute approximate surface area is 159 Å². The molecule has 1 aromatic heterocycles. The van der Waals surface area contributed by atoms with E-state index in [-0.39, 0.29) is 0 Å². The number of benzene rings is 3. The van der Waals surface area contributed by atoms with Crippen LogP contribution < -0.4 is 0 Å². The Balaban J connectivity index is 1.89. The zero-order valence-corrected chi connectivity index (χ0v) is 15.1. The molecular weight excluding hydrogens is 328 g/mol. The van der Waals surface area contributed by atoms with Gasteiger partial charge in [0.15, 0.2) is 5.82 Å². The third kappa shape index (κ3) is 3.78. The van der Waals surface area contributed by atoms with Gasteiger partial charge in [0, 0.05) is 16.7 Å². The second-order valence-corrected chi connectivity index (χ2v) is 6.20. The van der Waals surface area contributed by atoms with Crippen molar-refractivity contribution in [1.29, 1.82) is 0 Å². The molecule has 2 heteroatoms. The molecule has 0 saturated carbocycles. The second kappa shape index (κ2) is 7.68. The van der Waals surface area contributed by atoms with E-state index in [2.05, 4.69) is 24.0 Å². The molecule has 0 saturated heterocycles. The van der Waals surface area contributed by atoms with Gasteiger partial charge < -0.3 is 0 Å². The molecule has 27 heavy (non-hydrogen) atoms. The van der Waals surface area contributed by atoms with Gasteiger partial charge in [0.25, 0.3) is 0 Å². The van der Waals surface area contributed by atoms with E-state index >= 15 is 0 Å². The number of rotatable bonds is 2. The fourth-order valence-corrected chi connectivity index (χ4v) is 2.90. The zero-order chi connectivity index (χ0) is 18.5. The topological polar surface area (TPSA) is 25.8 Å². The molecule has 4 aromatic rings. The molecule has 3 aromatic carbocycles. The average Bonchev–Trinajstić information content (AvgIpc) is 2.74. The molecule has 0 N–H and O–H groups in total. The van der Waals surface area contributed by atoms with Gasteiger partial charge in [0.2, 0.25) is 0 Å². The minimum Gasteiger partial charge on any atom is -0.232 e. The lowest BCUT2D eigenvalue weighted by molar-refractivity contribution is 1.10. The molecule has 2 nitrogen and oxygen atoms in total. The maximum Gasteiger partial charge on any atom is 0.160 e. The van der Waals surface area contributed by atoms with E-state index in [1.807, 2.05) is 85.8 Å². The first kappa shape index (κ1) is 16.8. The van der Waals surface area contributed by atoms with Gasteiger partial charge in [-0.1, -0.05) is 90.7 Å². The number of aryl methyl sites for hydroxylation is 1. The summed E-state index contributed by atoms with van der Waals surface area (Å²) in [4.78, 5) is 9.60. The molecule has 0 unspecified atom stereocenters. The highest BCUT2D eigenvalue weighted by Gasteiger charge is 2.13. The summed E-state index contributed by atoms with van der Waals surface area (Å²) in [5, 5.41) is 0. The van der Waals surface area contributed by atoms with E-state index in [0.29, 0.717) is 0 Å². The highest BCUT2D eigenvalue weighted by molar-refractivity contribution is 5.71. The maximum absolute atomic E-state index is 4.87. The molecule has 0 fully saturated rings. The smallest absolute Gasteiger partial charge is 0.160 e. The van der Waals surface area contributed by atoms with Gasteiger partial charge in [-0.3, -0.25) is 0 Å². The molecule has 0 atom stereocenters. The predicted molar refractivity (Wildman–Crippen MR) is 110 cm³/mol. The lowest BCUT2D eigenvalue weighted by atomic mass is 10.0. The molecule has 0 aliphatic heterocycles. The van der Waals surface area contributed by atoms with Crippen LogP contribution >= 0.6 is 0 Å². The van der Waals surface area contributed by atoms with Gasteiger partial charge in [-0.25, -0.2) is 9.97 Å². The third-order valence-electron chi connectivity index (χ3n) is 4.27. The van der Waals surface area contributed by atoms with Crippen molar-refractivity contribution in [2.45, 2.75) is 6.92 Å². The molecule has 0 aliphatic carbocycles. The molecule has 0 aliphatic rings. The number of hydrogen-bond donors (Lipinski definition) is 0. The van der Waals surface area contributed by atoms with Crippen LogP contribution in [0.3, 0.4) is 0 Å². The summed E-state index contributed by atoms with van der Waals surface area (Å²) in [5.41, 5.74) is 5.63. The molecular formula is C25H18N2. The van der Waals surface area contributed by atoms with Crippen molar-refractivity contribution >= 4 is 0 Å². The largest absolute Gasteiger partial charge is 0.232 e. The summed E-state index contributed by atoms with van der Waals surface area (Å²) in [6.45, 7) is 2.00. The first-order chi connectivity index (χ1) is 13.3. The Bertz CT molecular complexity index is 1110. The van der Waals surface area contributed by atoms with Gasteiger partial charge in [-0.05, 0) is 19.1 Å². The van der Waals surface area contributed by atoms with Crippen LogP contribution in [0.5, 0.6) is 0 Å². The number of hydrogen-bond acceptors (Lipinski definition) is 2. The summed E-state index contributed by atoms with van der Waals surface area (Å²) >= 11 is 0. The van der Waals surface area contributed by atoms with Crippen molar-refractivity contribution in [2.24, 2.45) is 0 Å². The molecule has 128 valence electrons. The Morgan fingerprint density at radius 1 is 0.593 bits per heavy atom. The first-order valence-electron chi connectivity index (χ1n) is 8.88. The Morgan fingerprint density at radius 2 is 1.15 bits per heavy atom. The number of aromatic nitrogens is 2. The molecule has 0 spiro atoms. The van der Waals surface area contributed by atoms with Crippen LogP contribution in [0.2, 0.25) is 0 Å². The van der Waals surface area contributed by atoms with Crippen LogP contribution in [0.4, 0.5) is 0 Å². The maximum atomic E-state index is 4.87. The number of nitrogens with zero attached hydrogens (tertiary/aromatic N) is 2. The molecule has 4 rings (SSSR count). The quantitative estimate of drug-likeness (QED) is 0.447. The van der Waals surface area contributed by atoms with E-state index in [1.54, 1.807) is 0 Å². The molecule has 1 heterocycles. The van der Waals surface area contributed by atoms with E-state index in [0.717, 1.165) is 39.5 Å². The normalized spacial score (nSPS) is 10.1. The summed E-state index contributed by atoms with van der Waals surface area (Å²) < 4.78 is 0. The molecule has 0 bridgehead atoms. The van der Waals surface area contributed by atoms with Gasteiger partial charge in [-0.2, -0.15) is 0 Å². The summed E-state index contributed by atoms with van der Waals surface area (Å²) in [6.07, 6.45) is 0. The monoisotopic (exact) mass is 346 g/mol. The van der Waals surface area contributed by atoms with Crippen LogP contribution in [0.1, 0.15) is 16.8 Å². The lowest BCUT2D eigenvalue weighted by Gasteiger charge is -2.10. The first-order valence-corrected chi connectivity index (χ1v) is 8.88. The minimum absolute atomic E-state index is 0.720. The van der Waals surface area contributed by atoms with Crippen LogP contribution in [0.15, 0.2) is 91.0 Å². The van der Waals surface area contributed by atoms with E-state index in [1.165, 1.54) is 0 Å². The van der Waals surface area contributed by atoms with Crippen LogP contribution in [0.25, 0.3) is 22.6 Å². The minimum atomic E-state index is 0.720. The van der Waals surface area contributed by atoms with Crippen molar-refractivity contribution in [3.05, 3.63) is 108 Å². The van der Waals surface area contributed by atoms with E-state index in [9.17, 15) is 0 Å². The lowest BCUT2D eigenvalue weighted by Crippen LogP contribution is -2.00. The predicted octanol–water partition coefficient (Wildman–Crippen LogP) is 5.52. The van der Waals surface area contributed by atoms with Crippen molar-refractivity contribution in [2.75, 3.05) is 0 Å². The fourth-order valence-electron chi connectivity index (χ4n) is 2.90. The standard InChI is InChI=1S/C25H18N2/c1-19-23(18-17-20-11-5-2-6-12-20)24(21-13-7-3-8-14-21)27-25(26-19)22-15-9-4-10-16-22/h2-16H,1H3. The second-order valence-electron chi connectivity index (χ2n) is 6.20. The van der Waals surface area contributed by atoms with Gasteiger partial charge in [-0.15, -0.1) is 0 Å². The Hall–Kier alpha value is -3.70. The highest BCUT2D eigenvalue weighted by Crippen LogP contribution is 2.26. The van der Waals surface area contributed by atoms with Gasteiger partial charge in [0.05, 0.1) is 17.0 Å². The fraction of sp³-hybridized carbons (Fsp3) is 0.0400. The Kier molecular flexibility index (Phi) is 4.76. The van der Waals surface area contributed by atoms with E-state index in [4.69, 9.17) is 9.97 Å². The van der Waals surface area contributed by atoms with E-state index < -0.39 is 0 Å². The summed E-state index contributed by atoms with van der Waals surface area (Å²) in [6, 6.07) is 30.2. The zero-order valence-electron chi connectivity index (χ0n) is 15.1. The SMILES string of the molecule is Cc1nc(-c2ccccc2)nc(-c2ccccc2)c1C#Cc1ccccc1. The van der Waals surface area contributed by atoms with Crippen molar-refractivity contribution in [1.82, 2.24) is 9.97 Å². The molecule has 0 radical (unpaired) electrons. The van der Waals surface area contributed by atoms with Crippen molar-refractivity contribution < 1.29 is 0 Å². The average molecular weight is 346 g/mol. The van der Waals surface area contributed by atoms with Crippen LogP contribution in [0, 0.1) is 18.8 Å². The summed E-state index contributed by atoms with van der Waals surface area (Å²) in [5.74, 6) is 7.26. The third-order valence-corrected chi connectivity index (χ3v) is 4.27. The van der Waals surface area contributed by atoms with Crippen LogP contribution in [-0.2, 0) is 0 Å². The van der Waals surface area contributed by atoms with Gasteiger partial charge in [0.1, 0.15) is 0 Å². The van der Waals surface area contributed by atoms with Crippen molar-refractivity contribution in [3.63, 3.8) is 0 Å².